The van der Waals surface area contributed by atoms with Gasteiger partial charge in [-0.2, -0.15) is 0 Å². The fourth-order valence-electron chi connectivity index (χ4n) is 6.34. The standard InChI is InChI=1S/C13H9.C12H11Si.C9H11NO.2ClH.Zr/c1-3-7-12-10(5-1)9-11-6-2-4-8-13(11)12;1-3-7-11(8-4-1)13-12-9-5-2-6-10-12;1-6-3-7(2)5-8(4-6)9(10)11;;;/h1-5,7-8H,9H2;1-10,13H;3-5H,1-2H3,(H2,10,11);2*1H;/q;;;;;+3/p-3. The predicted octanol–water partition coefficient (Wildman–Crippen LogP) is 6.38. The van der Waals surface area contributed by atoms with Crippen LogP contribution in [-0.4, -0.2) is 11.8 Å². The second kappa shape index (κ2) is 10.6. The molecule has 6 heteroatoms. The first-order valence-electron chi connectivity index (χ1n) is 13.5. The number of hydrogen-bond donors (Lipinski definition) is 1. The van der Waals surface area contributed by atoms with Gasteiger partial charge in [-0.15, -0.1) is 0 Å². The number of fused-ring (bicyclic) bond motifs is 3. The van der Waals surface area contributed by atoms with E-state index < -0.39 is 21.8 Å². The zero-order valence-corrected chi connectivity index (χ0v) is 27.6. The van der Waals surface area contributed by atoms with Crippen molar-refractivity contribution >= 4 is 42.5 Å². The van der Waals surface area contributed by atoms with Crippen LogP contribution in [0, 0.1) is 13.8 Å². The van der Waals surface area contributed by atoms with Crippen LogP contribution in [-0.2, 0) is 22.3 Å². The van der Waals surface area contributed by atoms with E-state index in [1.807, 2.05) is 62.4 Å². The van der Waals surface area contributed by atoms with Crippen LogP contribution in [0.3, 0.4) is 0 Å². The normalized spacial score (nSPS) is 13.3. The molecule has 0 unspecified atom stereocenters. The van der Waals surface area contributed by atoms with E-state index in [1.165, 1.54) is 11.1 Å². The van der Waals surface area contributed by atoms with Crippen molar-refractivity contribution in [3.05, 3.63) is 149 Å². The van der Waals surface area contributed by atoms with E-state index in [4.69, 9.17) is 17.0 Å². The predicted molar refractivity (Wildman–Crippen MR) is 169 cm³/mol. The Bertz CT molecular complexity index is 1680. The molecule has 5 aromatic rings. The molecule has 0 heterocycles. The van der Waals surface area contributed by atoms with Crippen LogP contribution in [0.5, 0.6) is 0 Å². The number of aryl methyl sites for hydroxylation is 2. The average molecular weight is 659 g/mol. The number of amides is 1. The van der Waals surface area contributed by atoms with Gasteiger partial charge in [0.2, 0.25) is 0 Å². The van der Waals surface area contributed by atoms with Gasteiger partial charge >= 0.3 is 247 Å². The fraction of sp³-hybridized carbons (Fsp3) is 0.0882. The summed E-state index contributed by atoms with van der Waals surface area (Å²) in [6.07, 6.45) is 0.745. The third-order valence-corrected chi connectivity index (χ3v) is 42.7. The number of hydrogen-bond acceptors (Lipinski definition) is 1. The summed E-state index contributed by atoms with van der Waals surface area (Å²) >= 11 is -5.52. The monoisotopic (exact) mass is 656 g/mol. The van der Waals surface area contributed by atoms with Gasteiger partial charge in [-0.05, 0) is 0 Å². The molecule has 5 aromatic carbocycles. The number of nitrogens with one attached hydrogen (secondary N) is 1. The SMILES string of the molecule is Cc1cc(C)cc(C(=O)[NH][Zr]([Cl])([Cl])([c]2cccc3c2Cc2ccccc2-3)[SiH](c2ccccc2)c2ccccc2)c1. The maximum absolute atomic E-state index is 14.2. The molecular formula is C34H30Cl2NOSiZr. The fourth-order valence-corrected chi connectivity index (χ4v) is 43.4. The van der Waals surface area contributed by atoms with Gasteiger partial charge in [0.1, 0.15) is 0 Å². The van der Waals surface area contributed by atoms with Crippen molar-refractivity contribution in [2.75, 3.05) is 0 Å². The zero-order valence-electron chi connectivity index (χ0n) is 22.5. The third kappa shape index (κ3) is 4.86. The summed E-state index contributed by atoms with van der Waals surface area (Å²) in [6, 6.07) is 41.4. The molecule has 0 saturated carbocycles. The summed E-state index contributed by atoms with van der Waals surface area (Å²) in [5.74, 6) is -2.66. The van der Waals surface area contributed by atoms with Crippen LogP contribution in [0.25, 0.3) is 11.1 Å². The van der Waals surface area contributed by atoms with E-state index in [2.05, 4.69) is 76.1 Å². The molecule has 0 radical (unpaired) electrons. The van der Waals surface area contributed by atoms with Gasteiger partial charge in [0.25, 0.3) is 0 Å². The third-order valence-electron chi connectivity index (χ3n) is 7.94. The van der Waals surface area contributed by atoms with Gasteiger partial charge in [0.05, 0.1) is 0 Å². The van der Waals surface area contributed by atoms with Crippen LogP contribution in [0.15, 0.2) is 121 Å². The topological polar surface area (TPSA) is 29.1 Å². The zero-order chi connectivity index (χ0) is 27.9. The molecule has 1 N–H and O–H groups in total. The molecule has 6 rings (SSSR count). The summed E-state index contributed by atoms with van der Waals surface area (Å²) < 4.78 is 4.42. The van der Waals surface area contributed by atoms with E-state index in [0.29, 0.717) is 5.56 Å². The Labute approximate surface area is 245 Å². The van der Waals surface area contributed by atoms with Crippen molar-refractivity contribution in [2.24, 2.45) is 0 Å². The quantitative estimate of drug-likeness (QED) is 0.207. The first-order valence-corrected chi connectivity index (χ1v) is 28.3. The van der Waals surface area contributed by atoms with Gasteiger partial charge in [0, 0.05) is 0 Å². The van der Waals surface area contributed by atoms with Gasteiger partial charge in [-0.25, -0.2) is 0 Å². The van der Waals surface area contributed by atoms with Crippen LogP contribution in [0.1, 0.15) is 32.6 Å². The van der Waals surface area contributed by atoms with E-state index in [9.17, 15) is 4.79 Å². The van der Waals surface area contributed by atoms with E-state index in [1.54, 1.807) is 0 Å². The molecule has 0 aliphatic heterocycles. The minimum atomic E-state index is -5.52. The Balaban J connectivity index is 1.63. The van der Waals surface area contributed by atoms with Crippen molar-refractivity contribution in [3.8, 4) is 11.1 Å². The van der Waals surface area contributed by atoms with Crippen molar-refractivity contribution in [1.82, 2.24) is 3.26 Å². The van der Waals surface area contributed by atoms with E-state index in [-0.39, 0.29) is 5.91 Å². The number of carbonyl (C=O) groups is 1. The minimum absolute atomic E-state index is 0.208. The van der Waals surface area contributed by atoms with Crippen molar-refractivity contribution in [3.63, 3.8) is 0 Å². The Kier molecular flexibility index (Phi) is 7.25. The number of benzene rings is 5. The Morgan fingerprint density at radius 2 is 1.25 bits per heavy atom. The molecule has 1 aliphatic rings. The van der Waals surface area contributed by atoms with Crippen molar-refractivity contribution < 1.29 is 20.6 Å². The molecule has 1 amide bonds. The molecule has 40 heavy (non-hydrogen) atoms. The molecule has 0 bridgehead atoms. The number of halogens is 2. The first-order chi connectivity index (χ1) is 19.2. The molecule has 1 aliphatic carbocycles. The molecule has 199 valence electrons. The Morgan fingerprint density at radius 1 is 0.700 bits per heavy atom. The molecule has 0 saturated heterocycles. The Morgan fingerprint density at radius 3 is 1.88 bits per heavy atom. The second-order valence-electron chi connectivity index (χ2n) is 10.8. The average Bonchev–Trinajstić information content (AvgIpc) is 3.32. The second-order valence-corrected chi connectivity index (χ2v) is 46.1. The molecule has 2 nitrogen and oxygen atoms in total. The van der Waals surface area contributed by atoms with Gasteiger partial charge in [0.15, 0.2) is 0 Å². The number of carbonyl (C=O) groups excluding carboxylic acids is 1. The van der Waals surface area contributed by atoms with E-state index >= 15 is 0 Å². The van der Waals surface area contributed by atoms with Crippen molar-refractivity contribution in [1.29, 1.82) is 0 Å². The summed E-state index contributed by atoms with van der Waals surface area (Å²) in [5.41, 5.74) is 7.41. The molecule has 0 fully saturated rings. The van der Waals surface area contributed by atoms with Gasteiger partial charge in [-0.1, -0.05) is 0 Å². The van der Waals surface area contributed by atoms with Gasteiger partial charge < -0.3 is 0 Å². The van der Waals surface area contributed by atoms with Crippen LogP contribution >= 0.6 is 17.0 Å². The molecule has 0 aromatic heterocycles. The summed E-state index contributed by atoms with van der Waals surface area (Å²) in [5, 5.41) is 2.25. The summed E-state index contributed by atoms with van der Waals surface area (Å²) in [6.45, 7) is 4.01. The van der Waals surface area contributed by atoms with Gasteiger partial charge in [-0.3, -0.25) is 0 Å². The number of rotatable bonds is 6. The summed E-state index contributed by atoms with van der Waals surface area (Å²) in [4.78, 5) is 14.2. The van der Waals surface area contributed by atoms with E-state index in [0.717, 1.165) is 42.3 Å². The van der Waals surface area contributed by atoms with Crippen LogP contribution < -0.4 is 16.9 Å². The van der Waals surface area contributed by atoms with Crippen molar-refractivity contribution in [2.45, 2.75) is 20.3 Å². The molecule has 0 spiro atoms. The first kappa shape index (κ1) is 27.4. The Hall–Kier alpha value is -2.75. The van der Waals surface area contributed by atoms with Crippen LogP contribution in [0.4, 0.5) is 0 Å². The molecular weight excluding hydrogens is 629 g/mol. The summed E-state index contributed by atoms with van der Waals surface area (Å²) in [7, 11) is 16.4. The molecule has 0 atom stereocenters. The van der Waals surface area contributed by atoms with Crippen LogP contribution in [0.2, 0.25) is 0 Å². The maximum atomic E-state index is 14.2.